The molecule has 0 spiro atoms. The molecule has 2 rings (SSSR count). The largest absolute Gasteiger partial charge is 0.0836 e. The van der Waals surface area contributed by atoms with Gasteiger partial charge in [0, 0.05) is 5.41 Å². The van der Waals surface area contributed by atoms with Crippen LogP contribution in [0.4, 0.5) is 0 Å². The van der Waals surface area contributed by atoms with Gasteiger partial charge in [-0.3, -0.25) is 0 Å². The van der Waals surface area contributed by atoms with E-state index in [-0.39, 0.29) is 0 Å². The van der Waals surface area contributed by atoms with E-state index in [9.17, 15) is 0 Å². The van der Waals surface area contributed by atoms with Crippen LogP contribution in [-0.4, -0.2) is 0 Å². The smallest absolute Gasteiger partial charge is 0.00138 e. The van der Waals surface area contributed by atoms with Crippen molar-refractivity contribution in [2.24, 2.45) is 11.3 Å². The van der Waals surface area contributed by atoms with E-state index in [1.165, 1.54) is 24.0 Å². The first-order chi connectivity index (χ1) is 8.20. The molecule has 1 aliphatic carbocycles. The highest BCUT2D eigenvalue weighted by Crippen LogP contribution is 2.49. The third kappa shape index (κ3) is 2.09. The fourth-order valence-corrected chi connectivity index (χ4v) is 3.01. The molecular formula is C17H22. The second-order valence-electron chi connectivity index (χ2n) is 5.24. The maximum Gasteiger partial charge on any atom is 0.00138 e. The minimum atomic E-state index is 0.316. The average molecular weight is 226 g/mol. The van der Waals surface area contributed by atoms with E-state index in [0.29, 0.717) is 11.3 Å². The Hall–Kier alpha value is -1.30. The van der Waals surface area contributed by atoms with Gasteiger partial charge in [-0.05, 0) is 29.9 Å². The van der Waals surface area contributed by atoms with Crippen molar-refractivity contribution in [3.8, 4) is 0 Å². The molecule has 0 N–H and O–H groups in total. The zero-order valence-electron chi connectivity index (χ0n) is 11.1. The molecule has 0 saturated heterocycles. The molecule has 0 radical (unpaired) electrons. The van der Waals surface area contributed by atoms with Crippen LogP contribution in [0, 0.1) is 11.3 Å². The van der Waals surface area contributed by atoms with Gasteiger partial charge in [0.1, 0.15) is 0 Å². The highest BCUT2D eigenvalue weighted by atomic mass is 14.4. The molecule has 0 aliphatic heterocycles. The van der Waals surface area contributed by atoms with Crippen LogP contribution in [0.25, 0.3) is 5.57 Å². The summed E-state index contributed by atoms with van der Waals surface area (Å²) in [6.07, 6.45) is 9.20. The van der Waals surface area contributed by atoms with Crippen molar-refractivity contribution >= 4 is 5.57 Å². The third-order valence-corrected chi connectivity index (χ3v) is 4.24. The maximum atomic E-state index is 2.35. The van der Waals surface area contributed by atoms with Gasteiger partial charge < -0.3 is 0 Å². The van der Waals surface area contributed by atoms with Crippen molar-refractivity contribution in [3.05, 3.63) is 54.1 Å². The lowest BCUT2D eigenvalue weighted by atomic mass is 9.64. The number of rotatable bonds is 3. The van der Waals surface area contributed by atoms with Crippen molar-refractivity contribution in [2.75, 3.05) is 0 Å². The minimum Gasteiger partial charge on any atom is -0.0836 e. The van der Waals surface area contributed by atoms with Crippen molar-refractivity contribution in [1.29, 1.82) is 0 Å². The number of hydrogen-bond acceptors (Lipinski definition) is 0. The van der Waals surface area contributed by atoms with Crippen molar-refractivity contribution < 1.29 is 0 Å². The summed E-state index contributed by atoms with van der Waals surface area (Å²) in [4.78, 5) is 0. The average Bonchev–Trinajstić information content (AvgIpc) is 2.39. The van der Waals surface area contributed by atoms with E-state index >= 15 is 0 Å². The van der Waals surface area contributed by atoms with Gasteiger partial charge in [0.05, 0.1) is 0 Å². The standard InChI is InChI=1S/C17H22/c1-4-17(14(2)3)13-9-8-12-16(17)15-10-6-5-7-11-15/h5-12,14H,4,13H2,1-3H3. The van der Waals surface area contributed by atoms with Crippen LogP contribution in [-0.2, 0) is 0 Å². The Morgan fingerprint density at radius 1 is 1.18 bits per heavy atom. The number of hydrogen-bond donors (Lipinski definition) is 0. The van der Waals surface area contributed by atoms with Crippen LogP contribution in [0.15, 0.2) is 48.6 Å². The fraction of sp³-hybridized carbons (Fsp3) is 0.412. The van der Waals surface area contributed by atoms with Gasteiger partial charge in [0.2, 0.25) is 0 Å². The van der Waals surface area contributed by atoms with Crippen LogP contribution >= 0.6 is 0 Å². The van der Waals surface area contributed by atoms with E-state index in [1.54, 1.807) is 0 Å². The number of allylic oxidation sites excluding steroid dienone is 4. The normalized spacial score (nSPS) is 23.9. The minimum absolute atomic E-state index is 0.316. The Balaban J connectivity index is 2.48. The lowest BCUT2D eigenvalue weighted by Crippen LogP contribution is -2.29. The monoisotopic (exact) mass is 226 g/mol. The summed E-state index contributed by atoms with van der Waals surface area (Å²) in [7, 11) is 0. The molecule has 0 nitrogen and oxygen atoms in total. The van der Waals surface area contributed by atoms with Crippen LogP contribution in [0.2, 0.25) is 0 Å². The zero-order chi connectivity index (χ0) is 12.3. The second kappa shape index (κ2) is 4.91. The van der Waals surface area contributed by atoms with Crippen molar-refractivity contribution in [3.63, 3.8) is 0 Å². The molecule has 1 unspecified atom stereocenters. The van der Waals surface area contributed by atoms with Gasteiger partial charge in [-0.2, -0.15) is 0 Å². The molecule has 0 heterocycles. The Kier molecular flexibility index (Phi) is 3.51. The van der Waals surface area contributed by atoms with Gasteiger partial charge in [-0.1, -0.05) is 69.3 Å². The zero-order valence-corrected chi connectivity index (χ0v) is 11.1. The van der Waals surface area contributed by atoms with Crippen LogP contribution < -0.4 is 0 Å². The third-order valence-electron chi connectivity index (χ3n) is 4.24. The van der Waals surface area contributed by atoms with Gasteiger partial charge in [0.25, 0.3) is 0 Å². The van der Waals surface area contributed by atoms with E-state index in [4.69, 9.17) is 0 Å². The molecule has 0 aromatic heterocycles. The lowest BCUT2D eigenvalue weighted by Gasteiger charge is -2.40. The topological polar surface area (TPSA) is 0 Å². The summed E-state index contributed by atoms with van der Waals surface area (Å²) < 4.78 is 0. The molecule has 1 atom stereocenters. The predicted octanol–water partition coefficient (Wildman–Crippen LogP) is 5.08. The first-order valence-electron chi connectivity index (χ1n) is 6.63. The summed E-state index contributed by atoms with van der Waals surface area (Å²) in [6, 6.07) is 10.8. The predicted molar refractivity (Wildman–Crippen MR) is 75.7 cm³/mol. The molecule has 17 heavy (non-hydrogen) atoms. The van der Waals surface area contributed by atoms with E-state index in [1.807, 2.05) is 0 Å². The van der Waals surface area contributed by atoms with Gasteiger partial charge in [0.15, 0.2) is 0 Å². The van der Waals surface area contributed by atoms with E-state index < -0.39 is 0 Å². The molecule has 90 valence electrons. The Morgan fingerprint density at radius 2 is 1.88 bits per heavy atom. The first-order valence-corrected chi connectivity index (χ1v) is 6.63. The molecule has 1 aliphatic rings. The maximum absolute atomic E-state index is 2.35. The molecule has 1 aromatic carbocycles. The molecule has 1 aromatic rings. The van der Waals surface area contributed by atoms with Gasteiger partial charge >= 0.3 is 0 Å². The second-order valence-corrected chi connectivity index (χ2v) is 5.24. The Morgan fingerprint density at radius 3 is 2.47 bits per heavy atom. The van der Waals surface area contributed by atoms with Gasteiger partial charge in [-0.15, -0.1) is 0 Å². The summed E-state index contributed by atoms with van der Waals surface area (Å²) >= 11 is 0. The summed E-state index contributed by atoms with van der Waals surface area (Å²) in [5.41, 5.74) is 3.21. The van der Waals surface area contributed by atoms with Gasteiger partial charge in [-0.25, -0.2) is 0 Å². The molecular weight excluding hydrogens is 204 g/mol. The van der Waals surface area contributed by atoms with Crippen molar-refractivity contribution in [1.82, 2.24) is 0 Å². The quantitative estimate of drug-likeness (QED) is 0.674. The highest BCUT2D eigenvalue weighted by Gasteiger charge is 2.36. The van der Waals surface area contributed by atoms with Crippen LogP contribution in [0.1, 0.15) is 39.2 Å². The van der Waals surface area contributed by atoms with Crippen LogP contribution in [0.3, 0.4) is 0 Å². The number of benzene rings is 1. The summed E-state index contributed by atoms with van der Waals surface area (Å²) in [6.45, 7) is 7.01. The molecule has 0 saturated carbocycles. The SMILES string of the molecule is CCC1(C(C)C)CC=CC=C1c1ccccc1. The van der Waals surface area contributed by atoms with Crippen LogP contribution in [0.5, 0.6) is 0 Å². The molecule has 0 heteroatoms. The Labute approximate surface area is 105 Å². The fourth-order valence-electron chi connectivity index (χ4n) is 3.01. The summed E-state index contributed by atoms with van der Waals surface area (Å²) in [5, 5.41) is 0. The van der Waals surface area contributed by atoms with E-state index in [2.05, 4.69) is 69.3 Å². The summed E-state index contributed by atoms with van der Waals surface area (Å²) in [5.74, 6) is 0.670. The van der Waals surface area contributed by atoms with Crippen molar-refractivity contribution in [2.45, 2.75) is 33.6 Å². The first kappa shape index (κ1) is 12.2. The Bertz CT molecular complexity index is 423. The highest BCUT2D eigenvalue weighted by molar-refractivity contribution is 5.73. The molecule has 0 bridgehead atoms. The lowest BCUT2D eigenvalue weighted by molar-refractivity contribution is 0.271. The molecule has 0 fully saturated rings. The van der Waals surface area contributed by atoms with E-state index in [0.717, 1.165) is 0 Å². The molecule has 0 amide bonds.